The van der Waals surface area contributed by atoms with Gasteiger partial charge in [0, 0.05) is 29.4 Å². The van der Waals surface area contributed by atoms with E-state index in [0.717, 1.165) is 52.8 Å². The number of amides is 1. The zero-order valence-corrected chi connectivity index (χ0v) is 24.1. The quantitative estimate of drug-likeness (QED) is 0.125. The molecule has 3 aromatic carbocycles. The summed E-state index contributed by atoms with van der Waals surface area (Å²) in [4.78, 5) is 12.4. The standard InChI is InChI=1S/C31H36N4O4.ClH/c1-19-20(2)29-26(21(3)28(19)37)14-15-31(4,39-29)16-17-38-25-11-9-23(10-12-25)34-27(36)13-8-22-6-5-7-24(18-22)35-30(32)33;/h5-13,18,37H,14-17H2,1-4H3,(H,34,36)(H4,32,33,35);1H. The molecule has 0 fully saturated rings. The Labute approximate surface area is 241 Å². The van der Waals surface area contributed by atoms with Gasteiger partial charge in [0.25, 0.3) is 0 Å². The minimum Gasteiger partial charge on any atom is -0.507 e. The number of halogens is 1. The Balaban J connectivity index is 0.00000441. The summed E-state index contributed by atoms with van der Waals surface area (Å²) in [5.41, 5.74) is 11.0. The van der Waals surface area contributed by atoms with Crippen LogP contribution in [0, 0.1) is 26.2 Å². The highest BCUT2D eigenvalue weighted by atomic mass is 35.5. The largest absolute Gasteiger partial charge is 0.507 e. The smallest absolute Gasteiger partial charge is 0.248 e. The summed E-state index contributed by atoms with van der Waals surface area (Å²) in [6.07, 6.45) is 5.57. The molecule has 40 heavy (non-hydrogen) atoms. The molecule has 8 nitrogen and oxygen atoms in total. The molecule has 1 amide bonds. The summed E-state index contributed by atoms with van der Waals surface area (Å²) in [7, 11) is 0. The molecule has 1 heterocycles. The average Bonchev–Trinajstić information content (AvgIpc) is 2.90. The number of phenolic OH excluding ortho intramolecular Hbond substituents is 1. The predicted molar refractivity (Wildman–Crippen MR) is 163 cm³/mol. The van der Waals surface area contributed by atoms with Crippen LogP contribution < -0.4 is 25.8 Å². The van der Waals surface area contributed by atoms with E-state index in [9.17, 15) is 9.90 Å². The first-order chi connectivity index (χ1) is 18.5. The maximum atomic E-state index is 12.4. The van der Waals surface area contributed by atoms with Gasteiger partial charge < -0.3 is 30.9 Å². The number of hydrogen-bond donors (Lipinski definition) is 5. The van der Waals surface area contributed by atoms with Crippen LogP contribution in [0.25, 0.3) is 6.08 Å². The molecule has 3 aromatic rings. The van der Waals surface area contributed by atoms with Gasteiger partial charge in [-0.05, 0) is 105 Å². The molecule has 1 atom stereocenters. The number of ether oxygens (including phenoxy) is 2. The first-order valence-electron chi connectivity index (χ1n) is 13.0. The van der Waals surface area contributed by atoms with Crippen LogP contribution >= 0.6 is 12.4 Å². The predicted octanol–water partition coefficient (Wildman–Crippen LogP) is 6.25. The molecule has 1 aliphatic rings. The lowest BCUT2D eigenvalue weighted by molar-refractivity contribution is -0.111. The zero-order valence-electron chi connectivity index (χ0n) is 23.3. The lowest BCUT2D eigenvalue weighted by Gasteiger charge is -2.38. The summed E-state index contributed by atoms with van der Waals surface area (Å²) in [5.74, 6) is 1.57. The molecule has 212 valence electrons. The van der Waals surface area contributed by atoms with Crippen LogP contribution in [-0.4, -0.2) is 29.2 Å². The van der Waals surface area contributed by atoms with E-state index in [2.05, 4.69) is 17.6 Å². The number of fused-ring (bicyclic) bond motifs is 1. The Morgan fingerprint density at radius 3 is 2.52 bits per heavy atom. The van der Waals surface area contributed by atoms with Crippen LogP contribution in [0.1, 0.15) is 47.6 Å². The van der Waals surface area contributed by atoms with Gasteiger partial charge in [0.1, 0.15) is 22.8 Å². The fourth-order valence-electron chi connectivity index (χ4n) is 4.72. The average molecular weight is 565 g/mol. The van der Waals surface area contributed by atoms with Crippen molar-refractivity contribution >= 4 is 41.7 Å². The molecule has 9 heteroatoms. The molecular formula is C31H37ClN4O4. The number of carbonyl (C=O) groups is 1. The van der Waals surface area contributed by atoms with Gasteiger partial charge in [-0.1, -0.05) is 12.1 Å². The topological polar surface area (TPSA) is 130 Å². The molecule has 4 rings (SSSR count). The van der Waals surface area contributed by atoms with Gasteiger partial charge in [0.2, 0.25) is 5.91 Å². The Morgan fingerprint density at radius 1 is 1.10 bits per heavy atom. The SMILES string of the molecule is Cc1c(C)c2c(c(C)c1O)CCC(C)(CCOc1ccc(NC(=O)C=Cc3cccc(NC(=N)N)c3)cc1)O2.Cl. The van der Waals surface area contributed by atoms with Crippen LogP contribution in [-0.2, 0) is 11.2 Å². The highest BCUT2D eigenvalue weighted by Crippen LogP contribution is 2.44. The van der Waals surface area contributed by atoms with Crippen LogP contribution in [0.3, 0.4) is 0 Å². The zero-order chi connectivity index (χ0) is 28.2. The highest BCUT2D eigenvalue weighted by Gasteiger charge is 2.34. The number of nitrogens with two attached hydrogens (primary N) is 1. The second-order valence-electron chi connectivity index (χ2n) is 10.2. The fraction of sp³-hybridized carbons (Fsp3) is 0.290. The minimum absolute atomic E-state index is 0. The lowest BCUT2D eigenvalue weighted by Crippen LogP contribution is -2.38. The normalized spacial score (nSPS) is 15.9. The Morgan fingerprint density at radius 2 is 1.82 bits per heavy atom. The van der Waals surface area contributed by atoms with Gasteiger partial charge >= 0.3 is 0 Å². The molecule has 6 N–H and O–H groups in total. The van der Waals surface area contributed by atoms with E-state index in [1.54, 1.807) is 30.3 Å². The van der Waals surface area contributed by atoms with Crippen molar-refractivity contribution in [2.24, 2.45) is 5.73 Å². The fourth-order valence-corrected chi connectivity index (χ4v) is 4.72. The van der Waals surface area contributed by atoms with Gasteiger partial charge in [-0.15, -0.1) is 12.4 Å². The Bertz CT molecular complexity index is 1420. The van der Waals surface area contributed by atoms with E-state index in [4.69, 9.17) is 20.6 Å². The van der Waals surface area contributed by atoms with E-state index in [0.29, 0.717) is 29.5 Å². The maximum absolute atomic E-state index is 12.4. The number of aromatic hydroxyl groups is 1. The number of anilines is 2. The Kier molecular flexibility index (Phi) is 9.71. The molecule has 0 aliphatic carbocycles. The molecule has 0 spiro atoms. The van der Waals surface area contributed by atoms with Crippen molar-refractivity contribution in [3.05, 3.63) is 82.4 Å². The van der Waals surface area contributed by atoms with E-state index in [1.165, 1.54) is 6.08 Å². The van der Waals surface area contributed by atoms with Crippen molar-refractivity contribution in [3.63, 3.8) is 0 Å². The molecule has 0 saturated heterocycles. The third-order valence-electron chi connectivity index (χ3n) is 7.21. The molecule has 0 radical (unpaired) electrons. The molecule has 0 bridgehead atoms. The number of phenols is 1. The number of rotatable bonds is 8. The van der Waals surface area contributed by atoms with Gasteiger partial charge in [-0.2, -0.15) is 0 Å². The second-order valence-corrected chi connectivity index (χ2v) is 10.2. The van der Waals surface area contributed by atoms with Crippen molar-refractivity contribution in [1.82, 2.24) is 0 Å². The van der Waals surface area contributed by atoms with E-state index < -0.39 is 0 Å². The monoisotopic (exact) mass is 564 g/mol. The van der Waals surface area contributed by atoms with Crippen LogP contribution in [0.4, 0.5) is 11.4 Å². The van der Waals surface area contributed by atoms with Crippen LogP contribution in [0.15, 0.2) is 54.6 Å². The van der Waals surface area contributed by atoms with Crippen molar-refractivity contribution in [2.45, 2.75) is 52.6 Å². The summed E-state index contributed by atoms with van der Waals surface area (Å²) < 4.78 is 12.5. The number of guanidine groups is 1. The molecule has 0 saturated carbocycles. The Hall–Kier alpha value is -4.17. The van der Waals surface area contributed by atoms with Crippen molar-refractivity contribution in [2.75, 3.05) is 17.2 Å². The van der Waals surface area contributed by atoms with Crippen LogP contribution in [0.5, 0.6) is 17.2 Å². The minimum atomic E-state index is -0.352. The van der Waals surface area contributed by atoms with Crippen molar-refractivity contribution in [3.8, 4) is 17.2 Å². The summed E-state index contributed by atoms with van der Waals surface area (Å²) >= 11 is 0. The number of nitrogens with one attached hydrogen (secondary N) is 3. The number of benzene rings is 3. The maximum Gasteiger partial charge on any atom is 0.248 e. The van der Waals surface area contributed by atoms with Crippen molar-refractivity contribution < 1.29 is 19.4 Å². The van der Waals surface area contributed by atoms with Crippen LogP contribution in [0.2, 0.25) is 0 Å². The van der Waals surface area contributed by atoms with E-state index in [-0.39, 0.29) is 29.9 Å². The molecule has 1 unspecified atom stereocenters. The van der Waals surface area contributed by atoms with Gasteiger partial charge in [0.15, 0.2) is 5.96 Å². The van der Waals surface area contributed by atoms with Gasteiger partial charge in [-0.3, -0.25) is 10.2 Å². The van der Waals surface area contributed by atoms with Gasteiger partial charge in [0.05, 0.1) is 6.61 Å². The summed E-state index contributed by atoms with van der Waals surface area (Å²) in [6.45, 7) is 8.47. The number of hydrogen-bond acceptors (Lipinski definition) is 5. The first kappa shape index (κ1) is 30.4. The summed E-state index contributed by atoms with van der Waals surface area (Å²) in [5, 5.41) is 23.3. The third-order valence-corrected chi connectivity index (χ3v) is 7.21. The van der Waals surface area contributed by atoms with E-state index in [1.807, 2.05) is 45.0 Å². The highest BCUT2D eigenvalue weighted by molar-refractivity contribution is 6.02. The molecule has 1 aliphatic heterocycles. The number of carbonyl (C=O) groups excluding carboxylic acids is 1. The lowest BCUT2D eigenvalue weighted by atomic mass is 9.86. The molecular weight excluding hydrogens is 528 g/mol. The first-order valence-corrected chi connectivity index (χ1v) is 13.0. The second kappa shape index (κ2) is 12.8. The van der Waals surface area contributed by atoms with Gasteiger partial charge in [-0.25, -0.2) is 0 Å². The summed E-state index contributed by atoms with van der Waals surface area (Å²) in [6, 6.07) is 14.5. The molecule has 0 aromatic heterocycles. The third kappa shape index (κ3) is 7.27. The van der Waals surface area contributed by atoms with E-state index >= 15 is 0 Å². The van der Waals surface area contributed by atoms with Crippen molar-refractivity contribution in [1.29, 1.82) is 5.41 Å².